The van der Waals surface area contributed by atoms with Gasteiger partial charge in [0.1, 0.15) is 12.3 Å². The van der Waals surface area contributed by atoms with E-state index in [0.717, 1.165) is 17.1 Å². The highest BCUT2D eigenvalue weighted by molar-refractivity contribution is 7.99. The van der Waals surface area contributed by atoms with Crippen molar-refractivity contribution in [1.82, 2.24) is 5.32 Å². The van der Waals surface area contributed by atoms with Gasteiger partial charge in [-0.3, -0.25) is 4.79 Å². The van der Waals surface area contributed by atoms with Crippen LogP contribution in [0.25, 0.3) is 0 Å². The summed E-state index contributed by atoms with van der Waals surface area (Å²) in [5, 5.41) is 20.7. The van der Waals surface area contributed by atoms with Crippen LogP contribution in [0.4, 0.5) is 0 Å². The van der Waals surface area contributed by atoms with Crippen molar-refractivity contribution in [3.05, 3.63) is 36.4 Å². The minimum Gasteiger partial charge on any atom is -0.508 e. The lowest BCUT2D eigenvalue weighted by molar-refractivity contribution is -0.126. The molecule has 0 aromatic heterocycles. The second kappa shape index (κ2) is 6.45. The molecule has 1 amide bonds. The molecule has 22 heavy (non-hydrogen) atoms. The molecule has 2 bridgehead atoms. The van der Waals surface area contributed by atoms with Crippen molar-refractivity contribution in [3.8, 4) is 11.8 Å². The molecule has 5 heteroatoms. The van der Waals surface area contributed by atoms with E-state index >= 15 is 0 Å². The second-order valence-corrected chi connectivity index (χ2v) is 6.91. The van der Waals surface area contributed by atoms with E-state index in [1.165, 1.54) is 0 Å². The Morgan fingerprint density at radius 3 is 2.77 bits per heavy atom. The van der Waals surface area contributed by atoms with Crippen molar-refractivity contribution in [1.29, 1.82) is 5.26 Å². The van der Waals surface area contributed by atoms with Crippen molar-refractivity contribution < 1.29 is 9.90 Å². The fraction of sp³-hybridized carbons (Fsp3) is 0.412. The van der Waals surface area contributed by atoms with Gasteiger partial charge in [-0.05, 0) is 48.4 Å². The van der Waals surface area contributed by atoms with Gasteiger partial charge in [0.25, 0.3) is 0 Å². The van der Waals surface area contributed by atoms with Gasteiger partial charge in [0.05, 0.1) is 6.07 Å². The maximum atomic E-state index is 12.3. The number of carbonyl (C=O) groups excluding carboxylic acids is 1. The first-order chi connectivity index (χ1) is 10.7. The minimum absolute atomic E-state index is 0.00899. The van der Waals surface area contributed by atoms with Crippen LogP contribution in [-0.4, -0.2) is 23.3 Å². The monoisotopic (exact) mass is 314 g/mol. The first-order valence-electron chi connectivity index (χ1n) is 7.44. The van der Waals surface area contributed by atoms with Gasteiger partial charge in [0.15, 0.2) is 0 Å². The molecular formula is C17H18N2O2S. The van der Waals surface area contributed by atoms with Gasteiger partial charge in [-0.25, -0.2) is 0 Å². The van der Waals surface area contributed by atoms with Gasteiger partial charge < -0.3 is 10.4 Å². The highest BCUT2D eigenvalue weighted by atomic mass is 32.2. The van der Waals surface area contributed by atoms with Crippen LogP contribution < -0.4 is 5.32 Å². The van der Waals surface area contributed by atoms with Crippen LogP contribution in [0.3, 0.4) is 0 Å². The average Bonchev–Trinajstić information content (AvgIpc) is 3.13. The number of amides is 1. The van der Waals surface area contributed by atoms with E-state index in [0.29, 0.717) is 17.8 Å². The van der Waals surface area contributed by atoms with Gasteiger partial charge in [0.2, 0.25) is 5.91 Å². The van der Waals surface area contributed by atoms with Gasteiger partial charge in [0, 0.05) is 16.6 Å². The zero-order valence-corrected chi connectivity index (χ0v) is 12.9. The molecule has 4 atom stereocenters. The van der Waals surface area contributed by atoms with Crippen LogP contribution in [0.5, 0.6) is 5.75 Å². The molecular weight excluding hydrogens is 296 g/mol. The normalized spacial score (nSPS) is 28.5. The number of thioether (sulfide) groups is 1. The third-order valence-electron chi connectivity index (χ3n) is 4.55. The Hall–Kier alpha value is -1.93. The molecule has 114 valence electrons. The lowest BCUT2D eigenvalue weighted by atomic mass is 9.83. The number of carbonyl (C=O) groups is 1. The summed E-state index contributed by atoms with van der Waals surface area (Å²) >= 11 is 1.72. The third-order valence-corrected chi connectivity index (χ3v) is 5.70. The Morgan fingerprint density at radius 2 is 2.05 bits per heavy atom. The fourth-order valence-corrected chi connectivity index (χ4v) is 4.69. The van der Waals surface area contributed by atoms with Gasteiger partial charge in [-0.2, -0.15) is 5.26 Å². The number of hydrogen-bond acceptors (Lipinski definition) is 4. The highest BCUT2D eigenvalue weighted by Gasteiger charge is 2.47. The number of nitrogens with zero attached hydrogens (tertiary/aromatic N) is 1. The van der Waals surface area contributed by atoms with Gasteiger partial charge >= 0.3 is 0 Å². The van der Waals surface area contributed by atoms with Crippen LogP contribution >= 0.6 is 11.8 Å². The van der Waals surface area contributed by atoms with Crippen LogP contribution in [0.2, 0.25) is 0 Å². The number of rotatable bonds is 5. The number of aromatic hydroxyl groups is 1. The smallest absolute Gasteiger partial charge is 0.224 e. The summed E-state index contributed by atoms with van der Waals surface area (Å²) in [5.41, 5.74) is 0. The Bertz CT molecular complexity index is 621. The first kappa shape index (κ1) is 15.0. The predicted octanol–water partition coefficient (Wildman–Crippen LogP) is 2.56. The first-order valence-corrected chi connectivity index (χ1v) is 8.42. The number of phenolic OH excluding ortho intramolecular Hbond substituents is 1. The molecule has 0 spiro atoms. The number of fused-ring (bicyclic) bond motifs is 2. The summed E-state index contributed by atoms with van der Waals surface area (Å²) in [5.74, 6) is 2.22. The molecule has 2 aliphatic rings. The molecule has 0 radical (unpaired) electrons. The van der Waals surface area contributed by atoms with E-state index in [4.69, 9.17) is 5.26 Å². The molecule has 0 aliphatic heterocycles. The molecule has 1 fully saturated rings. The zero-order valence-electron chi connectivity index (χ0n) is 12.1. The van der Waals surface area contributed by atoms with E-state index in [1.807, 2.05) is 18.2 Å². The van der Waals surface area contributed by atoms with Crippen molar-refractivity contribution in [2.24, 2.45) is 23.7 Å². The standard InChI is InChI=1S/C17H18N2O2S/c18-7-8-19-17(21)16-12-2-1-11(9-12)15(16)10-22-14-5-3-13(20)4-6-14/h1-6,11-12,15-16,20H,8-10H2,(H,19,21)/t11-,12?,15?,16-/m0/s1. The molecule has 2 aliphatic carbocycles. The molecule has 0 heterocycles. The SMILES string of the molecule is N#CCNC(=O)[C@H]1C2C=C[C@@H](C2)C1CSc1ccc(O)cc1. The van der Waals surface area contributed by atoms with E-state index in [1.54, 1.807) is 23.9 Å². The number of allylic oxidation sites excluding steroid dienone is 2. The van der Waals surface area contributed by atoms with Crippen molar-refractivity contribution in [3.63, 3.8) is 0 Å². The Labute approximate surface area is 134 Å². The lowest BCUT2D eigenvalue weighted by Gasteiger charge is -2.26. The second-order valence-electron chi connectivity index (χ2n) is 5.82. The molecule has 4 nitrogen and oxygen atoms in total. The van der Waals surface area contributed by atoms with E-state index in [9.17, 15) is 9.90 Å². The summed E-state index contributed by atoms with van der Waals surface area (Å²) in [6.07, 6.45) is 5.44. The Morgan fingerprint density at radius 1 is 1.32 bits per heavy atom. The third kappa shape index (κ3) is 2.97. The molecule has 1 aromatic rings. The van der Waals surface area contributed by atoms with Crippen LogP contribution in [-0.2, 0) is 4.79 Å². The van der Waals surface area contributed by atoms with Gasteiger partial charge in [-0.15, -0.1) is 11.8 Å². The molecule has 2 N–H and O–H groups in total. The Balaban J connectivity index is 1.65. The van der Waals surface area contributed by atoms with Crippen molar-refractivity contribution in [2.75, 3.05) is 12.3 Å². The molecule has 1 aromatic carbocycles. The van der Waals surface area contributed by atoms with E-state index < -0.39 is 0 Å². The topological polar surface area (TPSA) is 73.1 Å². The number of nitriles is 1. The van der Waals surface area contributed by atoms with Gasteiger partial charge in [-0.1, -0.05) is 12.2 Å². The van der Waals surface area contributed by atoms with Crippen molar-refractivity contribution >= 4 is 17.7 Å². The maximum absolute atomic E-state index is 12.3. The number of hydrogen-bond donors (Lipinski definition) is 2. The summed E-state index contributed by atoms with van der Waals surface area (Å²) < 4.78 is 0. The number of nitrogens with one attached hydrogen (secondary N) is 1. The quantitative estimate of drug-likeness (QED) is 0.498. The van der Waals surface area contributed by atoms with E-state index in [2.05, 4.69) is 17.5 Å². The summed E-state index contributed by atoms with van der Waals surface area (Å²) in [7, 11) is 0. The molecule has 3 rings (SSSR count). The maximum Gasteiger partial charge on any atom is 0.224 e. The largest absolute Gasteiger partial charge is 0.508 e. The molecule has 0 saturated heterocycles. The lowest BCUT2D eigenvalue weighted by Crippen LogP contribution is -2.38. The van der Waals surface area contributed by atoms with Crippen LogP contribution in [0, 0.1) is 35.0 Å². The highest BCUT2D eigenvalue weighted by Crippen LogP contribution is 2.49. The number of phenols is 1. The minimum atomic E-state index is -0.0204. The van der Waals surface area contributed by atoms with Crippen LogP contribution in [0.15, 0.2) is 41.3 Å². The predicted molar refractivity (Wildman–Crippen MR) is 85.2 cm³/mol. The molecule has 2 unspecified atom stereocenters. The zero-order chi connectivity index (χ0) is 15.5. The van der Waals surface area contributed by atoms with E-state index in [-0.39, 0.29) is 24.1 Å². The van der Waals surface area contributed by atoms with Crippen LogP contribution in [0.1, 0.15) is 6.42 Å². The summed E-state index contributed by atoms with van der Waals surface area (Å²) in [4.78, 5) is 13.4. The number of benzene rings is 1. The fourth-order valence-electron chi connectivity index (χ4n) is 3.52. The average molecular weight is 314 g/mol. The molecule has 1 saturated carbocycles. The van der Waals surface area contributed by atoms with Crippen molar-refractivity contribution in [2.45, 2.75) is 11.3 Å². The summed E-state index contributed by atoms with van der Waals surface area (Å²) in [6.45, 7) is 0.0776. The summed E-state index contributed by atoms with van der Waals surface area (Å²) in [6, 6.07) is 9.12. The Kier molecular flexibility index (Phi) is 4.39.